The number of fused-ring (bicyclic) bond motifs is 1. The van der Waals surface area contributed by atoms with Gasteiger partial charge in [0.15, 0.2) is 0 Å². The van der Waals surface area contributed by atoms with E-state index in [1.54, 1.807) is 0 Å². The molecule has 3 nitrogen and oxygen atoms in total. The lowest BCUT2D eigenvalue weighted by Crippen LogP contribution is -2.24. The molecule has 0 N–H and O–H groups in total. The van der Waals surface area contributed by atoms with Gasteiger partial charge in [0.1, 0.15) is 11.9 Å². The van der Waals surface area contributed by atoms with Crippen LogP contribution in [0.5, 0.6) is 0 Å². The van der Waals surface area contributed by atoms with Crippen LogP contribution >= 0.6 is 0 Å². The summed E-state index contributed by atoms with van der Waals surface area (Å²) in [5.74, 6) is 0.869. The predicted octanol–water partition coefficient (Wildman–Crippen LogP) is 2.29. The highest BCUT2D eigenvalue weighted by Gasteiger charge is 2.18. The van der Waals surface area contributed by atoms with Gasteiger partial charge >= 0.3 is 0 Å². The molecule has 0 fully saturated rings. The van der Waals surface area contributed by atoms with Crippen LogP contribution in [0.15, 0.2) is 6.07 Å². The van der Waals surface area contributed by atoms with Gasteiger partial charge in [-0.2, -0.15) is 5.26 Å². The minimum atomic E-state index is 0.726. The van der Waals surface area contributed by atoms with Gasteiger partial charge in [0.05, 0.1) is 5.56 Å². The van der Waals surface area contributed by atoms with Crippen LogP contribution in [0.3, 0.4) is 0 Å². The molecule has 0 spiro atoms. The molecule has 2 rings (SSSR count). The molecule has 0 atom stereocenters. The van der Waals surface area contributed by atoms with Gasteiger partial charge in [0.2, 0.25) is 0 Å². The second kappa shape index (κ2) is 4.52. The molecule has 0 aromatic carbocycles. The molecule has 1 heterocycles. The number of anilines is 1. The Kier molecular flexibility index (Phi) is 3.09. The minimum Gasteiger partial charge on any atom is -0.356 e. The van der Waals surface area contributed by atoms with E-state index >= 15 is 0 Å². The Bertz CT molecular complexity index is 428. The molecule has 3 heteroatoms. The van der Waals surface area contributed by atoms with Crippen molar-refractivity contribution in [1.29, 1.82) is 5.26 Å². The maximum absolute atomic E-state index is 9.17. The van der Waals surface area contributed by atoms with E-state index in [4.69, 9.17) is 0 Å². The van der Waals surface area contributed by atoms with Crippen LogP contribution in [0, 0.1) is 11.3 Å². The molecule has 0 amide bonds. The highest BCUT2D eigenvalue weighted by molar-refractivity contribution is 5.56. The number of pyridine rings is 1. The maximum Gasteiger partial charge on any atom is 0.146 e. The molecule has 1 aromatic rings. The lowest BCUT2D eigenvalue weighted by molar-refractivity contribution is 0.833. The zero-order valence-corrected chi connectivity index (χ0v) is 9.95. The summed E-state index contributed by atoms with van der Waals surface area (Å²) in [5.41, 5.74) is 3.19. The van der Waals surface area contributed by atoms with Crippen LogP contribution in [0.2, 0.25) is 0 Å². The van der Waals surface area contributed by atoms with Gasteiger partial charge < -0.3 is 4.90 Å². The number of rotatable bonds is 3. The second-order valence-corrected chi connectivity index (χ2v) is 4.10. The minimum absolute atomic E-state index is 0.726. The third kappa shape index (κ3) is 1.76. The van der Waals surface area contributed by atoms with Gasteiger partial charge in [-0.1, -0.05) is 0 Å². The molecule has 0 unspecified atom stereocenters. The number of nitriles is 1. The second-order valence-electron chi connectivity index (χ2n) is 4.10. The quantitative estimate of drug-likeness (QED) is 0.776. The predicted molar refractivity (Wildman–Crippen MR) is 64.5 cm³/mol. The van der Waals surface area contributed by atoms with Crippen molar-refractivity contribution in [3.05, 3.63) is 22.9 Å². The summed E-state index contributed by atoms with van der Waals surface area (Å²) >= 11 is 0. The first kappa shape index (κ1) is 10.9. The fourth-order valence-corrected chi connectivity index (χ4v) is 2.31. The Morgan fingerprint density at radius 3 is 2.75 bits per heavy atom. The number of aryl methyl sites for hydroxylation is 2. The third-order valence-corrected chi connectivity index (χ3v) is 3.21. The van der Waals surface area contributed by atoms with Crippen molar-refractivity contribution in [3.8, 4) is 6.07 Å². The van der Waals surface area contributed by atoms with Crippen LogP contribution < -0.4 is 4.90 Å². The Balaban J connectivity index is 2.48. The Hall–Kier alpha value is -1.56. The molecule has 1 aromatic heterocycles. The van der Waals surface area contributed by atoms with Gasteiger partial charge in [-0.05, 0) is 44.7 Å². The summed E-state index contributed by atoms with van der Waals surface area (Å²) in [7, 11) is 0. The number of hydrogen-bond donors (Lipinski definition) is 0. The SMILES string of the molecule is CCN(CC)c1nc2c(cc1C#N)CCC2. The molecule has 0 saturated heterocycles. The maximum atomic E-state index is 9.17. The molecule has 1 aliphatic rings. The molecule has 16 heavy (non-hydrogen) atoms. The average Bonchev–Trinajstić information content (AvgIpc) is 2.76. The van der Waals surface area contributed by atoms with Gasteiger partial charge in [-0.3, -0.25) is 0 Å². The lowest BCUT2D eigenvalue weighted by atomic mass is 10.1. The first-order chi connectivity index (χ1) is 7.80. The van der Waals surface area contributed by atoms with E-state index in [-0.39, 0.29) is 0 Å². The Morgan fingerprint density at radius 2 is 2.12 bits per heavy atom. The van der Waals surface area contributed by atoms with Gasteiger partial charge in [0, 0.05) is 18.8 Å². The summed E-state index contributed by atoms with van der Waals surface area (Å²) in [5, 5.41) is 9.17. The van der Waals surface area contributed by atoms with Gasteiger partial charge in [0.25, 0.3) is 0 Å². The largest absolute Gasteiger partial charge is 0.356 e. The van der Waals surface area contributed by atoms with Crippen molar-refractivity contribution < 1.29 is 0 Å². The zero-order valence-electron chi connectivity index (χ0n) is 9.95. The van der Waals surface area contributed by atoms with E-state index in [9.17, 15) is 5.26 Å². The van der Waals surface area contributed by atoms with Crippen molar-refractivity contribution in [2.24, 2.45) is 0 Å². The molecule has 84 valence electrons. The van der Waals surface area contributed by atoms with Crippen LogP contribution in [-0.4, -0.2) is 18.1 Å². The first-order valence-corrected chi connectivity index (χ1v) is 5.98. The number of nitrogens with zero attached hydrogens (tertiary/aromatic N) is 3. The summed E-state index contributed by atoms with van der Waals surface area (Å²) in [6, 6.07) is 4.30. The van der Waals surface area contributed by atoms with Crippen LogP contribution in [0.1, 0.15) is 37.1 Å². The highest BCUT2D eigenvalue weighted by Crippen LogP contribution is 2.26. The zero-order chi connectivity index (χ0) is 11.5. The molecule has 0 aliphatic heterocycles. The fraction of sp³-hybridized carbons (Fsp3) is 0.538. The molecular weight excluding hydrogens is 198 g/mol. The van der Waals surface area contributed by atoms with Crippen LogP contribution in [0.4, 0.5) is 5.82 Å². The number of hydrogen-bond acceptors (Lipinski definition) is 3. The topological polar surface area (TPSA) is 39.9 Å². The van der Waals surface area contributed by atoms with Crippen molar-refractivity contribution >= 4 is 5.82 Å². The van der Waals surface area contributed by atoms with E-state index in [2.05, 4.69) is 29.8 Å². The van der Waals surface area contributed by atoms with Crippen molar-refractivity contribution in [2.45, 2.75) is 33.1 Å². The molecule has 1 aliphatic carbocycles. The van der Waals surface area contributed by atoms with Crippen LogP contribution in [0.25, 0.3) is 0 Å². The summed E-state index contributed by atoms with van der Waals surface area (Å²) in [4.78, 5) is 6.82. The summed E-state index contributed by atoms with van der Waals surface area (Å²) in [6.45, 7) is 5.99. The standard InChI is InChI=1S/C13H17N3/c1-3-16(4-2)13-11(9-14)8-10-6-5-7-12(10)15-13/h8H,3-7H2,1-2H3. The van der Waals surface area contributed by atoms with E-state index < -0.39 is 0 Å². The lowest BCUT2D eigenvalue weighted by Gasteiger charge is -2.21. The van der Waals surface area contributed by atoms with Gasteiger partial charge in [-0.25, -0.2) is 4.98 Å². The average molecular weight is 215 g/mol. The van der Waals surface area contributed by atoms with Gasteiger partial charge in [-0.15, -0.1) is 0 Å². The van der Waals surface area contributed by atoms with Crippen molar-refractivity contribution in [3.63, 3.8) is 0 Å². The molecule has 0 bridgehead atoms. The summed E-state index contributed by atoms with van der Waals surface area (Å²) in [6.07, 6.45) is 3.32. The van der Waals surface area contributed by atoms with E-state index in [0.717, 1.165) is 37.3 Å². The number of aromatic nitrogens is 1. The molecular formula is C13H17N3. The first-order valence-electron chi connectivity index (χ1n) is 5.98. The smallest absolute Gasteiger partial charge is 0.146 e. The molecule has 0 radical (unpaired) electrons. The Morgan fingerprint density at radius 1 is 1.38 bits per heavy atom. The fourth-order valence-electron chi connectivity index (χ4n) is 2.31. The normalized spacial score (nSPS) is 13.3. The molecule has 0 saturated carbocycles. The monoisotopic (exact) mass is 215 g/mol. The van der Waals surface area contributed by atoms with E-state index in [1.165, 1.54) is 17.7 Å². The Labute approximate surface area is 96.7 Å². The van der Waals surface area contributed by atoms with Crippen LogP contribution in [-0.2, 0) is 12.8 Å². The van der Waals surface area contributed by atoms with E-state index in [1.807, 2.05) is 6.07 Å². The summed E-state index contributed by atoms with van der Waals surface area (Å²) < 4.78 is 0. The highest BCUT2D eigenvalue weighted by atomic mass is 15.2. The van der Waals surface area contributed by atoms with Crippen molar-refractivity contribution in [1.82, 2.24) is 4.98 Å². The van der Waals surface area contributed by atoms with E-state index in [0.29, 0.717) is 0 Å². The van der Waals surface area contributed by atoms with Crippen molar-refractivity contribution in [2.75, 3.05) is 18.0 Å². The third-order valence-electron chi connectivity index (χ3n) is 3.21.